The van der Waals surface area contributed by atoms with Crippen LogP contribution < -0.4 is 5.73 Å². The molecule has 0 radical (unpaired) electrons. The van der Waals surface area contributed by atoms with Crippen LogP contribution in [0.25, 0.3) is 11.3 Å². The zero-order chi connectivity index (χ0) is 19.0. The number of rotatable bonds is 1. The minimum Gasteiger partial charge on any atom is -0.507 e. The van der Waals surface area contributed by atoms with Gasteiger partial charge in [-0.2, -0.15) is 0 Å². The monoisotopic (exact) mass is 369 g/mol. The molecule has 0 unspecified atom stereocenters. The van der Waals surface area contributed by atoms with E-state index in [-0.39, 0.29) is 17.5 Å². The smallest absolute Gasteiger partial charge is 0.152 e. The number of aromatic hydroxyl groups is 1. The Kier molecular flexibility index (Phi) is 4.78. The largest absolute Gasteiger partial charge is 0.507 e. The fraction of sp³-hybridized carbons (Fsp3) is 0.524. The second-order valence-corrected chi connectivity index (χ2v) is 7.88. The van der Waals surface area contributed by atoms with Crippen LogP contribution in [0.4, 0.5) is 5.82 Å². The second-order valence-electron chi connectivity index (χ2n) is 7.88. The van der Waals surface area contributed by atoms with Crippen LogP contribution in [-0.2, 0) is 16.9 Å². The van der Waals surface area contributed by atoms with E-state index in [4.69, 9.17) is 15.6 Å². The van der Waals surface area contributed by atoms with Gasteiger partial charge in [-0.25, -0.2) is 0 Å². The van der Waals surface area contributed by atoms with Gasteiger partial charge in [0.2, 0.25) is 0 Å². The molecule has 0 bridgehead atoms. The Labute approximate surface area is 159 Å². The Morgan fingerprint density at radius 2 is 1.89 bits per heavy atom. The van der Waals surface area contributed by atoms with Crippen LogP contribution in [0, 0.1) is 6.92 Å². The molecule has 2 fully saturated rings. The Balaban J connectivity index is 0.000000218. The molecule has 3 aliphatic rings. The van der Waals surface area contributed by atoms with E-state index in [0.29, 0.717) is 23.7 Å². The van der Waals surface area contributed by atoms with E-state index < -0.39 is 0 Å². The average molecular weight is 369 g/mol. The Hall–Kier alpha value is -2.18. The Morgan fingerprint density at radius 3 is 2.48 bits per heavy atom. The number of phenols is 1. The fourth-order valence-electron chi connectivity index (χ4n) is 4.07. The molecule has 6 heteroatoms. The molecular weight excluding hydrogens is 342 g/mol. The van der Waals surface area contributed by atoms with Crippen molar-refractivity contribution in [3.63, 3.8) is 0 Å². The number of benzene rings is 1. The normalized spacial score (nSPS) is 20.1. The van der Waals surface area contributed by atoms with Crippen LogP contribution in [0.3, 0.4) is 0 Å². The number of aliphatic hydroxyl groups is 1. The number of anilines is 1. The molecule has 4 N–H and O–H groups in total. The summed E-state index contributed by atoms with van der Waals surface area (Å²) in [6.07, 6.45) is 7.89. The molecule has 6 nitrogen and oxygen atoms in total. The van der Waals surface area contributed by atoms with Crippen molar-refractivity contribution in [3.05, 3.63) is 34.9 Å². The first kappa shape index (κ1) is 18.2. The van der Waals surface area contributed by atoms with Gasteiger partial charge in [0.15, 0.2) is 5.82 Å². The van der Waals surface area contributed by atoms with Gasteiger partial charge in [0, 0.05) is 16.7 Å². The summed E-state index contributed by atoms with van der Waals surface area (Å²) in [7, 11) is 0. The first-order valence-corrected chi connectivity index (χ1v) is 9.78. The van der Waals surface area contributed by atoms with Crippen molar-refractivity contribution < 1.29 is 14.9 Å². The molecule has 2 heterocycles. The van der Waals surface area contributed by atoms with Gasteiger partial charge >= 0.3 is 0 Å². The predicted molar refractivity (Wildman–Crippen MR) is 103 cm³/mol. The number of nitrogens with two attached hydrogens (primary N) is 1. The van der Waals surface area contributed by atoms with Crippen molar-refractivity contribution in [2.45, 2.75) is 70.2 Å². The van der Waals surface area contributed by atoms with Gasteiger partial charge in [0.1, 0.15) is 11.4 Å². The third kappa shape index (κ3) is 3.51. The number of ether oxygens (including phenoxy) is 1. The van der Waals surface area contributed by atoms with Crippen molar-refractivity contribution in [1.82, 2.24) is 10.2 Å². The van der Waals surface area contributed by atoms with Gasteiger partial charge in [-0.05, 0) is 50.3 Å². The second kappa shape index (κ2) is 7.09. The van der Waals surface area contributed by atoms with Crippen molar-refractivity contribution in [2.75, 3.05) is 5.73 Å². The molecule has 2 saturated carbocycles. The average Bonchev–Trinajstić information content (AvgIpc) is 3.31. The van der Waals surface area contributed by atoms with Crippen LogP contribution >= 0.6 is 0 Å². The zero-order valence-corrected chi connectivity index (χ0v) is 15.7. The minimum absolute atomic E-state index is 0.0359. The molecule has 1 aromatic carbocycles. The van der Waals surface area contributed by atoms with Gasteiger partial charge in [-0.1, -0.05) is 25.3 Å². The number of phenolic OH excluding ortho intramolecular Hbond substituents is 1. The lowest BCUT2D eigenvalue weighted by molar-refractivity contribution is 0.0446. The molecule has 144 valence electrons. The van der Waals surface area contributed by atoms with Gasteiger partial charge in [-0.15, -0.1) is 10.2 Å². The summed E-state index contributed by atoms with van der Waals surface area (Å²) in [5, 5.41) is 27.3. The molecular formula is C21H27N3O3. The number of fused-ring (bicyclic) bond motifs is 2. The molecule has 1 spiro atoms. The number of aliphatic hydroxyl groups excluding tert-OH is 1. The van der Waals surface area contributed by atoms with E-state index in [0.717, 1.165) is 42.4 Å². The SMILES string of the molecule is Cc1ccc(-c2nnc(N)c3c2COC32CC2)c(O)c1.OC1CCCCC1. The summed E-state index contributed by atoms with van der Waals surface area (Å²) in [5.74, 6) is 0.661. The summed E-state index contributed by atoms with van der Waals surface area (Å²) in [6, 6.07) is 5.54. The van der Waals surface area contributed by atoms with Crippen LogP contribution in [0.5, 0.6) is 5.75 Å². The van der Waals surface area contributed by atoms with E-state index in [1.807, 2.05) is 19.1 Å². The first-order valence-electron chi connectivity index (χ1n) is 9.78. The molecule has 1 aliphatic heterocycles. The number of aryl methyl sites for hydroxylation is 1. The molecule has 5 rings (SSSR count). The zero-order valence-electron chi connectivity index (χ0n) is 15.7. The van der Waals surface area contributed by atoms with E-state index in [2.05, 4.69) is 10.2 Å². The van der Waals surface area contributed by atoms with E-state index in [1.54, 1.807) is 6.07 Å². The van der Waals surface area contributed by atoms with E-state index in [1.165, 1.54) is 19.3 Å². The van der Waals surface area contributed by atoms with Crippen molar-refractivity contribution >= 4 is 5.82 Å². The van der Waals surface area contributed by atoms with Gasteiger partial charge in [0.25, 0.3) is 0 Å². The van der Waals surface area contributed by atoms with Crippen LogP contribution in [-0.4, -0.2) is 26.5 Å². The van der Waals surface area contributed by atoms with Gasteiger partial charge < -0.3 is 20.7 Å². The van der Waals surface area contributed by atoms with Crippen molar-refractivity contribution in [1.29, 1.82) is 0 Å². The highest BCUT2D eigenvalue weighted by Gasteiger charge is 2.53. The molecule has 0 saturated heterocycles. The Bertz CT molecular complexity index is 843. The van der Waals surface area contributed by atoms with E-state index in [9.17, 15) is 5.11 Å². The standard InChI is InChI=1S/C15H15N3O2.C6H12O/c1-8-2-3-9(11(19)6-8)13-10-7-20-15(4-5-15)12(10)14(16)18-17-13;7-6-4-2-1-3-5-6/h2-3,6,19H,4-5,7H2,1H3,(H2,16,18);6-7H,1-5H2. The minimum atomic E-state index is -0.232. The molecule has 0 atom stereocenters. The van der Waals surface area contributed by atoms with Crippen LogP contribution in [0.1, 0.15) is 61.6 Å². The quantitative estimate of drug-likeness (QED) is 0.710. The summed E-state index contributed by atoms with van der Waals surface area (Å²) >= 11 is 0. The third-order valence-electron chi connectivity index (χ3n) is 5.74. The summed E-state index contributed by atoms with van der Waals surface area (Å²) in [6.45, 7) is 2.42. The van der Waals surface area contributed by atoms with E-state index >= 15 is 0 Å². The summed E-state index contributed by atoms with van der Waals surface area (Å²) in [5.41, 5.74) is 10.0. The predicted octanol–water partition coefficient (Wildman–Crippen LogP) is 3.57. The van der Waals surface area contributed by atoms with Crippen molar-refractivity contribution in [3.8, 4) is 17.0 Å². The highest BCUT2D eigenvalue weighted by Crippen LogP contribution is 2.57. The molecule has 1 aromatic heterocycles. The van der Waals surface area contributed by atoms with Crippen LogP contribution in [0.2, 0.25) is 0 Å². The lowest BCUT2D eigenvalue weighted by Gasteiger charge is -2.14. The number of aromatic nitrogens is 2. The first-order chi connectivity index (χ1) is 13.0. The summed E-state index contributed by atoms with van der Waals surface area (Å²) in [4.78, 5) is 0. The van der Waals surface area contributed by atoms with Gasteiger partial charge in [-0.3, -0.25) is 0 Å². The number of hydrogen-bond donors (Lipinski definition) is 3. The Morgan fingerprint density at radius 1 is 1.15 bits per heavy atom. The maximum atomic E-state index is 10.2. The molecule has 27 heavy (non-hydrogen) atoms. The lowest BCUT2D eigenvalue weighted by atomic mass is 9.98. The molecule has 2 aromatic rings. The maximum absolute atomic E-state index is 10.2. The van der Waals surface area contributed by atoms with Crippen molar-refractivity contribution in [2.24, 2.45) is 0 Å². The topological polar surface area (TPSA) is 101 Å². The highest BCUT2D eigenvalue weighted by molar-refractivity contribution is 5.73. The number of nitrogen functional groups attached to an aromatic ring is 1. The fourth-order valence-corrected chi connectivity index (χ4v) is 4.07. The maximum Gasteiger partial charge on any atom is 0.152 e. The van der Waals surface area contributed by atoms with Crippen LogP contribution in [0.15, 0.2) is 18.2 Å². The highest BCUT2D eigenvalue weighted by atomic mass is 16.5. The number of hydrogen-bond acceptors (Lipinski definition) is 6. The molecule has 0 amide bonds. The lowest BCUT2D eigenvalue weighted by Crippen LogP contribution is -2.09. The summed E-state index contributed by atoms with van der Waals surface area (Å²) < 4.78 is 5.89. The molecule has 2 aliphatic carbocycles. The third-order valence-corrected chi connectivity index (χ3v) is 5.74. The number of nitrogens with zero attached hydrogens (tertiary/aromatic N) is 2. The van der Waals surface area contributed by atoms with Gasteiger partial charge in [0.05, 0.1) is 18.3 Å².